The Morgan fingerprint density at radius 3 is 2.44 bits per heavy atom. The van der Waals surface area contributed by atoms with Crippen molar-refractivity contribution >= 4 is 24.9 Å². The van der Waals surface area contributed by atoms with Gasteiger partial charge in [0.15, 0.2) is 0 Å². The van der Waals surface area contributed by atoms with Gasteiger partial charge >= 0.3 is 0 Å². The molecule has 5 nitrogen and oxygen atoms in total. The van der Waals surface area contributed by atoms with Crippen LogP contribution in [-0.2, 0) is 0 Å². The van der Waals surface area contributed by atoms with Crippen LogP contribution in [-0.4, -0.2) is 22.8 Å². The SMILES string of the molecule is [B]c1cnc(Nc2ccc(C#N)nc2)nc1. The molecule has 0 fully saturated rings. The summed E-state index contributed by atoms with van der Waals surface area (Å²) in [6, 6.07) is 5.28. The van der Waals surface area contributed by atoms with Crippen LogP contribution in [0.5, 0.6) is 0 Å². The molecule has 0 saturated heterocycles. The highest BCUT2D eigenvalue weighted by Gasteiger charge is 1.97. The largest absolute Gasteiger partial charge is 0.323 e. The van der Waals surface area contributed by atoms with E-state index in [1.807, 2.05) is 6.07 Å². The molecule has 74 valence electrons. The lowest BCUT2D eigenvalue weighted by Gasteiger charge is -2.03. The van der Waals surface area contributed by atoms with Gasteiger partial charge in [0.25, 0.3) is 0 Å². The lowest BCUT2D eigenvalue weighted by Crippen LogP contribution is -2.06. The van der Waals surface area contributed by atoms with E-state index in [0.29, 0.717) is 22.8 Å². The van der Waals surface area contributed by atoms with Crippen LogP contribution in [0.2, 0.25) is 0 Å². The minimum absolute atomic E-state index is 0.365. The summed E-state index contributed by atoms with van der Waals surface area (Å²) in [7, 11) is 5.46. The van der Waals surface area contributed by atoms with Gasteiger partial charge < -0.3 is 5.32 Å². The number of aromatic nitrogens is 3. The highest BCUT2D eigenvalue weighted by atomic mass is 15.1. The maximum absolute atomic E-state index is 8.58. The fourth-order valence-electron chi connectivity index (χ4n) is 1.07. The van der Waals surface area contributed by atoms with Gasteiger partial charge in [0.1, 0.15) is 19.6 Å². The molecule has 1 N–H and O–H groups in total. The summed E-state index contributed by atoms with van der Waals surface area (Å²) < 4.78 is 0. The highest BCUT2D eigenvalue weighted by Crippen LogP contribution is 2.09. The number of hydrogen-bond donors (Lipinski definition) is 1. The molecule has 0 aliphatic heterocycles. The van der Waals surface area contributed by atoms with Crippen molar-refractivity contribution < 1.29 is 0 Å². The van der Waals surface area contributed by atoms with E-state index in [1.54, 1.807) is 12.1 Å². The first-order valence-electron chi connectivity index (χ1n) is 4.48. The van der Waals surface area contributed by atoms with Crippen molar-refractivity contribution in [1.29, 1.82) is 5.26 Å². The number of nitriles is 1. The summed E-state index contributed by atoms with van der Waals surface area (Å²) in [4.78, 5) is 11.9. The number of hydrogen-bond acceptors (Lipinski definition) is 5. The Morgan fingerprint density at radius 2 is 1.88 bits per heavy atom. The van der Waals surface area contributed by atoms with Crippen LogP contribution >= 0.6 is 0 Å². The first kappa shape index (κ1) is 10.1. The van der Waals surface area contributed by atoms with E-state index in [9.17, 15) is 0 Å². The second-order valence-electron chi connectivity index (χ2n) is 3.01. The summed E-state index contributed by atoms with van der Waals surface area (Å²) in [6.45, 7) is 0. The second kappa shape index (κ2) is 4.40. The van der Waals surface area contributed by atoms with Gasteiger partial charge in [-0.3, -0.25) is 0 Å². The second-order valence-corrected chi connectivity index (χ2v) is 3.01. The molecule has 2 aromatic rings. The highest BCUT2D eigenvalue weighted by molar-refractivity contribution is 6.31. The third-order valence-corrected chi connectivity index (χ3v) is 1.81. The molecule has 2 heterocycles. The molecule has 0 aliphatic carbocycles. The minimum atomic E-state index is 0.365. The van der Waals surface area contributed by atoms with Crippen molar-refractivity contribution in [3.8, 4) is 6.07 Å². The summed E-state index contributed by atoms with van der Waals surface area (Å²) in [5.41, 5.74) is 1.58. The van der Waals surface area contributed by atoms with Gasteiger partial charge in [-0.05, 0) is 12.1 Å². The Kier molecular flexibility index (Phi) is 2.78. The van der Waals surface area contributed by atoms with Crippen molar-refractivity contribution in [3.63, 3.8) is 0 Å². The van der Waals surface area contributed by atoms with E-state index in [1.165, 1.54) is 18.6 Å². The van der Waals surface area contributed by atoms with E-state index in [-0.39, 0.29) is 0 Å². The zero-order valence-electron chi connectivity index (χ0n) is 8.25. The van der Waals surface area contributed by atoms with E-state index in [0.717, 1.165) is 0 Å². The van der Waals surface area contributed by atoms with Crippen molar-refractivity contribution in [3.05, 3.63) is 36.4 Å². The van der Waals surface area contributed by atoms with Crippen molar-refractivity contribution in [2.24, 2.45) is 0 Å². The lowest BCUT2D eigenvalue weighted by molar-refractivity contribution is 1.17. The third-order valence-electron chi connectivity index (χ3n) is 1.81. The number of pyridine rings is 1. The lowest BCUT2D eigenvalue weighted by atomic mass is 10.0. The van der Waals surface area contributed by atoms with Crippen LogP contribution in [0.15, 0.2) is 30.7 Å². The predicted octanol–water partition coefficient (Wildman–Crippen LogP) is 0.281. The monoisotopic (exact) mass is 207 g/mol. The van der Waals surface area contributed by atoms with Crippen molar-refractivity contribution in [2.45, 2.75) is 0 Å². The van der Waals surface area contributed by atoms with Gasteiger partial charge in [-0.1, -0.05) is 5.46 Å². The maximum atomic E-state index is 8.58. The zero-order valence-corrected chi connectivity index (χ0v) is 8.25. The number of rotatable bonds is 2. The molecule has 0 amide bonds. The van der Waals surface area contributed by atoms with Crippen LogP contribution in [0.1, 0.15) is 5.69 Å². The molecule has 0 atom stereocenters. The molecular weight excluding hydrogens is 201 g/mol. The van der Waals surface area contributed by atoms with E-state index >= 15 is 0 Å². The summed E-state index contributed by atoms with van der Waals surface area (Å²) >= 11 is 0. The van der Waals surface area contributed by atoms with Gasteiger partial charge in [0.2, 0.25) is 5.95 Å². The summed E-state index contributed by atoms with van der Waals surface area (Å²) in [6.07, 6.45) is 4.55. The standard InChI is InChI=1S/C10H6BN5/c11-7-4-14-10(15-5-7)16-9-2-1-8(3-12)13-6-9/h1-2,4-6H,(H,14,15,16). The summed E-state index contributed by atoms with van der Waals surface area (Å²) in [5, 5.41) is 11.5. The molecule has 2 aromatic heterocycles. The molecule has 2 rings (SSSR count). The van der Waals surface area contributed by atoms with E-state index in [2.05, 4.69) is 20.3 Å². The Labute approximate surface area is 93.6 Å². The van der Waals surface area contributed by atoms with Crippen LogP contribution in [0.25, 0.3) is 0 Å². The fraction of sp³-hybridized carbons (Fsp3) is 0. The van der Waals surface area contributed by atoms with E-state index < -0.39 is 0 Å². The van der Waals surface area contributed by atoms with E-state index in [4.69, 9.17) is 13.1 Å². The molecule has 0 unspecified atom stereocenters. The Balaban J connectivity index is 2.15. The van der Waals surface area contributed by atoms with Gasteiger partial charge in [0, 0.05) is 12.4 Å². The molecule has 6 heteroatoms. The number of nitrogens with zero attached hydrogens (tertiary/aromatic N) is 4. The van der Waals surface area contributed by atoms with Crippen LogP contribution in [0, 0.1) is 11.3 Å². The van der Waals surface area contributed by atoms with Gasteiger partial charge in [-0.15, -0.1) is 0 Å². The quantitative estimate of drug-likeness (QED) is 0.715. The Morgan fingerprint density at radius 1 is 1.12 bits per heavy atom. The Bertz CT molecular complexity index is 514. The molecule has 16 heavy (non-hydrogen) atoms. The average Bonchev–Trinajstić information content (AvgIpc) is 2.33. The number of anilines is 2. The molecule has 0 spiro atoms. The van der Waals surface area contributed by atoms with Crippen LogP contribution < -0.4 is 10.8 Å². The smallest absolute Gasteiger partial charge is 0.227 e. The number of nitrogens with one attached hydrogen (secondary N) is 1. The molecule has 0 aromatic carbocycles. The summed E-state index contributed by atoms with van der Waals surface area (Å²) in [5.74, 6) is 0.431. The van der Waals surface area contributed by atoms with Crippen molar-refractivity contribution in [1.82, 2.24) is 15.0 Å². The topological polar surface area (TPSA) is 74.5 Å². The molecule has 0 saturated carbocycles. The minimum Gasteiger partial charge on any atom is -0.323 e. The van der Waals surface area contributed by atoms with Gasteiger partial charge in [-0.25, -0.2) is 15.0 Å². The molecule has 0 bridgehead atoms. The first-order chi connectivity index (χ1) is 7.78. The Hall–Kier alpha value is -2.42. The van der Waals surface area contributed by atoms with Gasteiger partial charge in [-0.2, -0.15) is 5.26 Å². The zero-order chi connectivity index (χ0) is 11.4. The normalized spacial score (nSPS) is 9.44. The fourth-order valence-corrected chi connectivity index (χ4v) is 1.07. The first-order valence-corrected chi connectivity index (χ1v) is 4.48. The average molecular weight is 207 g/mol. The predicted molar refractivity (Wildman–Crippen MR) is 59.7 cm³/mol. The maximum Gasteiger partial charge on any atom is 0.227 e. The van der Waals surface area contributed by atoms with Crippen LogP contribution in [0.3, 0.4) is 0 Å². The van der Waals surface area contributed by atoms with Crippen LogP contribution in [0.4, 0.5) is 11.6 Å². The molecule has 2 radical (unpaired) electrons. The third kappa shape index (κ3) is 2.33. The van der Waals surface area contributed by atoms with Gasteiger partial charge in [0.05, 0.1) is 11.9 Å². The van der Waals surface area contributed by atoms with Crippen molar-refractivity contribution in [2.75, 3.05) is 5.32 Å². The molecule has 0 aliphatic rings. The molecular formula is C10H6BN5.